The van der Waals surface area contributed by atoms with Crippen LogP contribution in [0.15, 0.2) is 47.3 Å². The van der Waals surface area contributed by atoms with E-state index in [1.54, 1.807) is 11.3 Å². The molecule has 0 spiro atoms. The summed E-state index contributed by atoms with van der Waals surface area (Å²) >= 11 is 1.74. The number of nitrogens with one attached hydrogen (secondary N) is 1. The summed E-state index contributed by atoms with van der Waals surface area (Å²) in [5, 5.41) is 5.33. The van der Waals surface area contributed by atoms with E-state index in [2.05, 4.69) is 26.7 Å². The molecular weight excluding hydrogens is 306 g/mol. The van der Waals surface area contributed by atoms with E-state index >= 15 is 0 Å². The standard InChI is InChI=1S/C18H19N3OS/c22-18(16-11-19-17-4-2-1-3-15(16)17)21-8-6-20(7-9-21)12-14-5-10-23-13-14/h1-5,10-11,13,19H,6-9,12H2. The average molecular weight is 325 g/mol. The molecule has 118 valence electrons. The molecule has 4 rings (SSSR count). The monoisotopic (exact) mass is 325 g/mol. The van der Waals surface area contributed by atoms with Crippen molar-refractivity contribution in [3.05, 3.63) is 58.4 Å². The lowest BCUT2D eigenvalue weighted by Gasteiger charge is -2.34. The zero-order chi connectivity index (χ0) is 15.6. The first-order chi connectivity index (χ1) is 11.3. The van der Waals surface area contributed by atoms with E-state index in [1.807, 2.05) is 35.4 Å². The van der Waals surface area contributed by atoms with Gasteiger partial charge in [-0.15, -0.1) is 0 Å². The van der Waals surface area contributed by atoms with Crippen molar-refractivity contribution in [2.75, 3.05) is 26.2 Å². The molecular formula is C18H19N3OS. The van der Waals surface area contributed by atoms with Crippen LogP contribution in [0.3, 0.4) is 0 Å². The zero-order valence-corrected chi connectivity index (χ0v) is 13.7. The third kappa shape index (κ3) is 2.90. The van der Waals surface area contributed by atoms with Crippen molar-refractivity contribution in [2.24, 2.45) is 0 Å². The van der Waals surface area contributed by atoms with Gasteiger partial charge in [-0.05, 0) is 28.5 Å². The van der Waals surface area contributed by atoms with Crippen LogP contribution < -0.4 is 0 Å². The summed E-state index contributed by atoms with van der Waals surface area (Å²) in [6.07, 6.45) is 1.84. The smallest absolute Gasteiger partial charge is 0.256 e. The van der Waals surface area contributed by atoms with Crippen molar-refractivity contribution in [1.82, 2.24) is 14.8 Å². The number of carbonyl (C=O) groups excluding carboxylic acids is 1. The molecule has 1 aliphatic heterocycles. The van der Waals surface area contributed by atoms with Crippen LogP contribution in [0.1, 0.15) is 15.9 Å². The largest absolute Gasteiger partial charge is 0.360 e. The Morgan fingerprint density at radius 1 is 1.13 bits per heavy atom. The number of fused-ring (bicyclic) bond motifs is 1. The Balaban J connectivity index is 1.43. The molecule has 1 aliphatic rings. The van der Waals surface area contributed by atoms with E-state index in [0.717, 1.165) is 49.2 Å². The van der Waals surface area contributed by atoms with E-state index in [-0.39, 0.29) is 5.91 Å². The van der Waals surface area contributed by atoms with Crippen molar-refractivity contribution < 1.29 is 4.79 Å². The Morgan fingerprint density at radius 2 is 1.96 bits per heavy atom. The van der Waals surface area contributed by atoms with Gasteiger partial charge in [0.2, 0.25) is 0 Å². The van der Waals surface area contributed by atoms with Crippen molar-refractivity contribution in [1.29, 1.82) is 0 Å². The second-order valence-corrected chi connectivity index (χ2v) is 6.73. The second-order valence-electron chi connectivity index (χ2n) is 5.95. The van der Waals surface area contributed by atoms with Gasteiger partial charge in [0.1, 0.15) is 0 Å². The van der Waals surface area contributed by atoms with Gasteiger partial charge >= 0.3 is 0 Å². The van der Waals surface area contributed by atoms with Gasteiger partial charge in [0.15, 0.2) is 0 Å². The number of para-hydroxylation sites is 1. The van der Waals surface area contributed by atoms with Crippen molar-refractivity contribution in [3.63, 3.8) is 0 Å². The van der Waals surface area contributed by atoms with Gasteiger partial charge in [0.05, 0.1) is 5.56 Å². The van der Waals surface area contributed by atoms with Crippen LogP contribution in [0.5, 0.6) is 0 Å². The van der Waals surface area contributed by atoms with Crippen LogP contribution >= 0.6 is 11.3 Å². The number of rotatable bonds is 3. The summed E-state index contributed by atoms with van der Waals surface area (Å²) < 4.78 is 0. The second kappa shape index (κ2) is 6.18. The molecule has 1 fully saturated rings. The molecule has 0 radical (unpaired) electrons. The summed E-state index contributed by atoms with van der Waals surface area (Å²) in [5.74, 6) is 0.137. The number of hydrogen-bond donors (Lipinski definition) is 1. The van der Waals surface area contributed by atoms with Gasteiger partial charge in [-0.2, -0.15) is 11.3 Å². The Labute approximate surface area is 139 Å². The Hall–Kier alpha value is -2.11. The SMILES string of the molecule is O=C(c1c[nH]c2ccccc12)N1CCN(Cc2ccsc2)CC1. The van der Waals surface area contributed by atoms with Gasteiger partial charge in [-0.1, -0.05) is 18.2 Å². The van der Waals surface area contributed by atoms with Crippen LogP contribution in [-0.2, 0) is 6.54 Å². The van der Waals surface area contributed by atoms with Gasteiger partial charge in [-0.3, -0.25) is 9.69 Å². The first kappa shape index (κ1) is 14.5. The molecule has 1 saturated heterocycles. The van der Waals surface area contributed by atoms with Gasteiger partial charge in [0, 0.05) is 49.8 Å². The number of piperazine rings is 1. The molecule has 1 aromatic carbocycles. The van der Waals surface area contributed by atoms with Crippen LogP contribution in [0.4, 0.5) is 0 Å². The Kier molecular flexibility index (Phi) is 3.89. The number of H-pyrrole nitrogens is 1. The van der Waals surface area contributed by atoms with Crippen LogP contribution in [0, 0.1) is 0 Å². The van der Waals surface area contributed by atoms with E-state index in [0.29, 0.717) is 0 Å². The third-order valence-corrected chi connectivity index (χ3v) is 5.20. The maximum absolute atomic E-state index is 12.8. The molecule has 0 aliphatic carbocycles. The maximum atomic E-state index is 12.8. The summed E-state index contributed by atoms with van der Waals surface area (Å²) in [6, 6.07) is 10.1. The highest BCUT2D eigenvalue weighted by Gasteiger charge is 2.23. The van der Waals surface area contributed by atoms with Crippen LogP contribution in [0.25, 0.3) is 10.9 Å². The van der Waals surface area contributed by atoms with Gasteiger partial charge in [-0.25, -0.2) is 0 Å². The van der Waals surface area contributed by atoms with Crippen molar-refractivity contribution in [3.8, 4) is 0 Å². The Morgan fingerprint density at radius 3 is 2.74 bits per heavy atom. The fourth-order valence-corrected chi connectivity index (χ4v) is 3.83. The van der Waals surface area contributed by atoms with Crippen LogP contribution in [-0.4, -0.2) is 46.9 Å². The minimum absolute atomic E-state index is 0.137. The number of benzene rings is 1. The number of carbonyl (C=O) groups is 1. The normalized spacial score (nSPS) is 16.1. The number of hydrogen-bond acceptors (Lipinski definition) is 3. The molecule has 3 heterocycles. The minimum atomic E-state index is 0.137. The quantitative estimate of drug-likeness (QED) is 0.803. The molecule has 4 nitrogen and oxygen atoms in total. The maximum Gasteiger partial charge on any atom is 0.256 e. The summed E-state index contributed by atoms with van der Waals surface area (Å²) in [7, 11) is 0. The molecule has 0 atom stereocenters. The molecule has 23 heavy (non-hydrogen) atoms. The third-order valence-electron chi connectivity index (χ3n) is 4.47. The summed E-state index contributed by atoms with van der Waals surface area (Å²) in [4.78, 5) is 20.4. The molecule has 0 saturated carbocycles. The summed E-state index contributed by atoms with van der Waals surface area (Å²) in [6.45, 7) is 4.44. The molecule has 0 bridgehead atoms. The van der Waals surface area contributed by atoms with E-state index in [4.69, 9.17) is 0 Å². The highest BCUT2D eigenvalue weighted by molar-refractivity contribution is 7.07. The fourth-order valence-electron chi connectivity index (χ4n) is 3.17. The minimum Gasteiger partial charge on any atom is -0.360 e. The average Bonchev–Trinajstić information content (AvgIpc) is 3.24. The van der Waals surface area contributed by atoms with E-state index in [1.165, 1.54) is 5.56 Å². The molecule has 1 amide bonds. The van der Waals surface area contributed by atoms with E-state index < -0.39 is 0 Å². The number of thiophene rings is 1. The summed E-state index contributed by atoms with van der Waals surface area (Å²) in [5.41, 5.74) is 3.17. The highest BCUT2D eigenvalue weighted by Crippen LogP contribution is 2.20. The lowest BCUT2D eigenvalue weighted by Crippen LogP contribution is -2.48. The van der Waals surface area contributed by atoms with Crippen LogP contribution in [0.2, 0.25) is 0 Å². The van der Waals surface area contributed by atoms with Crippen molar-refractivity contribution in [2.45, 2.75) is 6.54 Å². The molecule has 3 aromatic rings. The first-order valence-corrected chi connectivity index (χ1v) is 8.84. The first-order valence-electron chi connectivity index (χ1n) is 7.90. The highest BCUT2D eigenvalue weighted by atomic mass is 32.1. The molecule has 0 unspecified atom stereocenters. The number of aromatic nitrogens is 1. The topological polar surface area (TPSA) is 39.3 Å². The van der Waals surface area contributed by atoms with Gasteiger partial charge < -0.3 is 9.88 Å². The predicted octanol–water partition coefficient (Wildman–Crippen LogP) is 3.19. The molecule has 5 heteroatoms. The lowest BCUT2D eigenvalue weighted by atomic mass is 10.1. The molecule has 2 aromatic heterocycles. The molecule has 1 N–H and O–H groups in total. The predicted molar refractivity (Wildman–Crippen MR) is 93.8 cm³/mol. The zero-order valence-electron chi connectivity index (χ0n) is 12.9. The number of amides is 1. The van der Waals surface area contributed by atoms with Crippen molar-refractivity contribution >= 4 is 28.1 Å². The van der Waals surface area contributed by atoms with Gasteiger partial charge in [0.25, 0.3) is 5.91 Å². The number of nitrogens with zero attached hydrogens (tertiary/aromatic N) is 2. The number of aromatic amines is 1. The van der Waals surface area contributed by atoms with E-state index in [9.17, 15) is 4.79 Å². The Bertz CT molecular complexity index is 801. The lowest BCUT2D eigenvalue weighted by molar-refractivity contribution is 0.0630. The fraction of sp³-hybridized carbons (Fsp3) is 0.278.